The predicted molar refractivity (Wildman–Crippen MR) is 67.4 cm³/mol. The summed E-state index contributed by atoms with van der Waals surface area (Å²) in [4.78, 5) is 11.5. The smallest absolute Gasteiger partial charge is 0.148 e. The molecule has 0 spiro atoms. The van der Waals surface area contributed by atoms with Crippen LogP contribution >= 0.6 is 27.7 Å². The van der Waals surface area contributed by atoms with E-state index in [1.807, 2.05) is 13.3 Å². The number of aromatic nitrogens is 2. The van der Waals surface area contributed by atoms with Crippen LogP contribution in [0.2, 0.25) is 0 Å². The van der Waals surface area contributed by atoms with Gasteiger partial charge in [0, 0.05) is 7.05 Å². The van der Waals surface area contributed by atoms with Crippen molar-refractivity contribution in [3.63, 3.8) is 0 Å². The number of rotatable bonds is 5. The van der Waals surface area contributed by atoms with E-state index in [4.69, 9.17) is 0 Å². The zero-order valence-corrected chi connectivity index (χ0v) is 11.6. The topological polar surface area (TPSA) is 34.9 Å². The molecule has 1 rings (SSSR count). The predicted octanol–water partition coefficient (Wildman–Crippen LogP) is 2.22. The maximum absolute atomic E-state index is 11.5. The highest BCUT2D eigenvalue weighted by Crippen LogP contribution is 2.22. The lowest BCUT2D eigenvalue weighted by atomic mass is 10.2. The van der Waals surface area contributed by atoms with Crippen molar-refractivity contribution in [2.24, 2.45) is 7.05 Å². The summed E-state index contributed by atoms with van der Waals surface area (Å²) in [7, 11) is 1.88. The van der Waals surface area contributed by atoms with E-state index in [1.165, 1.54) is 0 Å². The Morgan fingerprint density at radius 3 is 2.73 bits per heavy atom. The maximum atomic E-state index is 11.5. The molecule has 1 aromatic heterocycles. The molecule has 0 amide bonds. The van der Waals surface area contributed by atoms with Gasteiger partial charge in [-0.05, 0) is 28.6 Å². The Bertz CT molecular complexity index is 363. The molecule has 0 N–H and O–H groups in total. The molecule has 0 saturated carbocycles. The second-order valence-corrected chi connectivity index (χ2v) is 4.99. The zero-order chi connectivity index (χ0) is 11.4. The van der Waals surface area contributed by atoms with Crippen LogP contribution in [0.25, 0.3) is 0 Å². The van der Waals surface area contributed by atoms with Crippen molar-refractivity contribution in [1.29, 1.82) is 0 Å². The number of Topliss-reactive ketones (excluding diaryl/α,β-unsaturated/α-hetero) is 1. The molecule has 0 aliphatic carbocycles. The number of hydrogen-bond acceptors (Lipinski definition) is 3. The first kappa shape index (κ1) is 12.8. The highest BCUT2D eigenvalue weighted by atomic mass is 79.9. The molecular weight excluding hydrogens is 276 g/mol. The van der Waals surface area contributed by atoms with Crippen LogP contribution in [0.5, 0.6) is 0 Å². The fraction of sp³-hybridized carbons (Fsp3) is 0.600. The molecule has 15 heavy (non-hydrogen) atoms. The molecule has 0 aliphatic heterocycles. The molecule has 0 aliphatic rings. The Balaban J connectivity index is 2.85. The third-order valence-electron chi connectivity index (χ3n) is 2.17. The zero-order valence-electron chi connectivity index (χ0n) is 9.21. The number of nitrogens with zero attached hydrogens (tertiary/aromatic N) is 2. The van der Waals surface area contributed by atoms with Crippen LogP contribution in [0.3, 0.4) is 0 Å². The van der Waals surface area contributed by atoms with E-state index in [1.54, 1.807) is 16.4 Å². The van der Waals surface area contributed by atoms with Crippen molar-refractivity contribution >= 4 is 33.5 Å². The molecular formula is C10H15BrN2OS. The second-order valence-electron chi connectivity index (χ2n) is 3.33. The van der Waals surface area contributed by atoms with Gasteiger partial charge in [-0.15, -0.1) is 0 Å². The number of carbonyl (C=O) groups excluding carboxylic acids is 1. The average molecular weight is 291 g/mol. The van der Waals surface area contributed by atoms with Gasteiger partial charge in [0.15, 0.2) is 0 Å². The molecule has 1 aromatic rings. The molecule has 0 atom stereocenters. The minimum Gasteiger partial charge on any atom is -0.298 e. The third-order valence-corrected chi connectivity index (χ3v) is 3.70. The van der Waals surface area contributed by atoms with Crippen LogP contribution < -0.4 is 0 Å². The van der Waals surface area contributed by atoms with Crippen molar-refractivity contribution < 1.29 is 4.79 Å². The van der Waals surface area contributed by atoms with Crippen LogP contribution in [-0.2, 0) is 24.7 Å². The quantitative estimate of drug-likeness (QED) is 0.834. The Morgan fingerprint density at radius 1 is 1.60 bits per heavy atom. The lowest BCUT2D eigenvalue weighted by Gasteiger charge is -2.01. The Labute approximate surface area is 103 Å². The van der Waals surface area contributed by atoms with E-state index in [0.29, 0.717) is 12.2 Å². The number of halogens is 1. The maximum Gasteiger partial charge on any atom is 0.148 e. The van der Waals surface area contributed by atoms with Crippen LogP contribution in [-0.4, -0.2) is 27.6 Å². The van der Waals surface area contributed by atoms with Crippen LogP contribution in [0, 0.1) is 0 Å². The monoisotopic (exact) mass is 290 g/mol. The van der Waals surface area contributed by atoms with Gasteiger partial charge in [-0.25, -0.2) is 0 Å². The number of thioether (sulfide) groups is 1. The van der Waals surface area contributed by atoms with Gasteiger partial charge < -0.3 is 0 Å². The van der Waals surface area contributed by atoms with Crippen molar-refractivity contribution in [2.75, 3.05) is 12.0 Å². The lowest BCUT2D eigenvalue weighted by molar-refractivity contribution is -0.116. The molecule has 0 bridgehead atoms. The minimum absolute atomic E-state index is 0.244. The van der Waals surface area contributed by atoms with Gasteiger partial charge in [-0.2, -0.15) is 16.9 Å². The van der Waals surface area contributed by atoms with Gasteiger partial charge in [0.2, 0.25) is 0 Å². The Kier molecular flexibility index (Phi) is 4.86. The molecule has 0 fully saturated rings. The van der Waals surface area contributed by atoms with E-state index in [-0.39, 0.29) is 5.78 Å². The first-order chi connectivity index (χ1) is 7.10. The molecule has 84 valence electrons. The summed E-state index contributed by atoms with van der Waals surface area (Å²) in [6.45, 7) is 2.06. The number of hydrogen-bond donors (Lipinski definition) is 0. The van der Waals surface area contributed by atoms with E-state index >= 15 is 0 Å². The van der Waals surface area contributed by atoms with E-state index in [2.05, 4.69) is 28.0 Å². The first-order valence-electron chi connectivity index (χ1n) is 4.81. The largest absolute Gasteiger partial charge is 0.298 e. The number of ketones is 1. The fourth-order valence-electron chi connectivity index (χ4n) is 1.41. The Hall–Kier alpha value is -0.290. The van der Waals surface area contributed by atoms with Gasteiger partial charge in [-0.3, -0.25) is 9.48 Å². The summed E-state index contributed by atoms with van der Waals surface area (Å²) in [6.07, 6.45) is 3.28. The summed E-state index contributed by atoms with van der Waals surface area (Å²) in [5, 5.41) is 4.35. The van der Waals surface area contributed by atoms with Gasteiger partial charge in [0.1, 0.15) is 5.78 Å². The highest BCUT2D eigenvalue weighted by molar-refractivity contribution is 9.10. The third kappa shape index (κ3) is 3.08. The van der Waals surface area contributed by atoms with E-state index in [9.17, 15) is 4.79 Å². The molecule has 5 heteroatoms. The van der Waals surface area contributed by atoms with Crippen molar-refractivity contribution in [3.8, 4) is 0 Å². The Morgan fingerprint density at radius 2 is 2.27 bits per heavy atom. The van der Waals surface area contributed by atoms with E-state index in [0.717, 1.165) is 22.3 Å². The fourth-order valence-corrected chi connectivity index (χ4v) is 2.59. The van der Waals surface area contributed by atoms with Gasteiger partial charge in [-0.1, -0.05) is 6.92 Å². The van der Waals surface area contributed by atoms with Crippen LogP contribution in [0.4, 0.5) is 0 Å². The normalized spacial score (nSPS) is 10.7. The van der Waals surface area contributed by atoms with Gasteiger partial charge in [0.05, 0.1) is 28.0 Å². The summed E-state index contributed by atoms with van der Waals surface area (Å²) >= 11 is 5.06. The van der Waals surface area contributed by atoms with Crippen LogP contribution in [0.15, 0.2) is 4.47 Å². The summed E-state index contributed by atoms with van der Waals surface area (Å²) in [5.41, 5.74) is 2.00. The molecule has 0 radical (unpaired) electrons. The standard InChI is InChI=1S/C10H15BrN2OS/c1-4-8-10(11)9(13(2)12-8)5-7(14)6-15-3/h4-6H2,1-3H3. The summed E-state index contributed by atoms with van der Waals surface area (Å²) in [5.74, 6) is 0.813. The molecule has 0 aromatic carbocycles. The first-order valence-corrected chi connectivity index (χ1v) is 6.99. The SMILES string of the molecule is CCc1nn(C)c(CC(=O)CSC)c1Br. The molecule has 3 nitrogen and oxygen atoms in total. The number of aryl methyl sites for hydroxylation is 2. The number of carbonyl (C=O) groups is 1. The minimum atomic E-state index is 0.244. The second kappa shape index (κ2) is 5.70. The van der Waals surface area contributed by atoms with Crippen LogP contribution in [0.1, 0.15) is 18.3 Å². The summed E-state index contributed by atoms with van der Waals surface area (Å²) in [6, 6.07) is 0. The molecule has 0 saturated heterocycles. The highest BCUT2D eigenvalue weighted by Gasteiger charge is 2.15. The van der Waals surface area contributed by atoms with Gasteiger partial charge >= 0.3 is 0 Å². The van der Waals surface area contributed by atoms with Gasteiger partial charge in [0.25, 0.3) is 0 Å². The molecule has 0 unspecified atom stereocenters. The van der Waals surface area contributed by atoms with E-state index < -0.39 is 0 Å². The lowest BCUT2D eigenvalue weighted by Crippen LogP contribution is -2.09. The van der Waals surface area contributed by atoms with Crippen molar-refractivity contribution in [3.05, 3.63) is 15.9 Å². The average Bonchev–Trinajstić information content (AvgIpc) is 2.45. The van der Waals surface area contributed by atoms with Crippen molar-refractivity contribution in [1.82, 2.24) is 9.78 Å². The summed E-state index contributed by atoms with van der Waals surface area (Å²) < 4.78 is 2.78. The molecule has 1 heterocycles. The van der Waals surface area contributed by atoms with Crippen molar-refractivity contribution in [2.45, 2.75) is 19.8 Å².